The molecule has 0 saturated carbocycles. The molecule has 0 aromatic heterocycles. The number of primary amides is 1. The molecule has 1 fully saturated rings. The van der Waals surface area contributed by atoms with Crippen LogP contribution >= 0.6 is 11.8 Å². The summed E-state index contributed by atoms with van der Waals surface area (Å²) < 4.78 is 5.95. The Morgan fingerprint density at radius 2 is 1.45 bits per heavy atom. The molecule has 0 bridgehead atoms. The van der Waals surface area contributed by atoms with Crippen LogP contribution in [0.1, 0.15) is 35.8 Å². The van der Waals surface area contributed by atoms with Gasteiger partial charge in [0.25, 0.3) is 11.8 Å². The van der Waals surface area contributed by atoms with E-state index in [9.17, 15) is 24.3 Å². The minimum atomic E-state index is -1.49. The summed E-state index contributed by atoms with van der Waals surface area (Å²) in [5, 5.41) is 12.4. The molecule has 9 nitrogen and oxygen atoms in total. The Hall–Kier alpha value is -4.41. The van der Waals surface area contributed by atoms with Crippen molar-refractivity contribution in [3.63, 3.8) is 0 Å². The minimum absolute atomic E-state index is 0.0300. The van der Waals surface area contributed by atoms with Crippen molar-refractivity contribution in [1.29, 1.82) is 0 Å². The summed E-state index contributed by atoms with van der Waals surface area (Å²) in [4.78, 5) is 53.7. The van der Waals surface area contributed by atoms with Gasteiger partial charge in [-0.1, -0.05) is 91.0 Å². The topological polar surface area (TPSA) is 139 Å². The van der Waals surface area contributed by atoms with Crippen LogP contribution < -0.4 is 11.1 Å². The Balaban J connectivity index is 1.42. The van der Waals surface area contributed by atoms with Gasteiger partial charge in [0, 0.05) is 5.75 Å². The number of thioether (sulfide) groups is 1. The van der Waals surface area contributed by atoms with E-state index >= 15 is 0 Å². The van der Waals surface area contributed by atoms with Crippen LogP contribution in [0.5, 0.6) is 0 Å². The van der Waals surface area contributed by atoms with Crippen LogP contribution in [0.2, 0.25) is 0 Å². The number of amides is 3. The van der Waals surface area contributed by atoms with E-state index in [1.807, 2.05) is 60.7 Å². The Kier molecular flexibility index (Phi) is 7.46. The number of hydrogen-bond donors (Lipinski definition) is 3. The van der Waals surface area contributed by atoms with Crippen LogP contribution in [-0.4, -0.2) is 50.4 Å². The monoisotopic (exact) mass is 557 g/mol. The maximum atomic E-state index is 13.7. The number of nitrogens with two attached hydrogens (primary N) is 1. The molecule has 3 amide bonds. The van der Waals surface area contributed by atoms with E-state index in [4.69, 9.17) is 10.5 Å². The highest BCUT2D eigenvalue weighted by molar-refractivity contribution is 8.00. The lowest BCUT2D eigenvalue weighted by atomic mass is 9.87. The first-order valence-corrected chi connectivity index (χ1v) is 13.6. The predicted octanol–water partition coefficient (Wildman–Crippen LogP) is 2.58. The minimum Gasteiger partial charge on any atom is -0.448 e. The van der Waals surface area contributed by atoms with Gasteiger partial charge in [0.1, 0.15) is 16.6 Å². The van der Waals surface area contributed by atoms with Crippen LogP contribution in [0.15, 0.2) is 102 Å². The molecule has 3 aromatic rings. The molecular weight excluding hydrogens is 530 g/mol. The lowest BCUT2D eigenvalue weighted by Crippen LogP contribution is -2.78. The normalized spacial score (nSPS) is 20.8. The van der Waals surface area contributed by atoms with Crippen molar-refractivity contribution < 1.29 is 29.0 Å². The van der Waals surface area contributed by atoms with Crippen LogP contribution in [0.4, 0.5) is 0 Å². The van der Waals surface area contributed by atoms with Gasteiger partial charge in [-0.3, -0.25) is 19.3 Å². The molecule has 2 aliphatic rings. The van der Waals surface area contributed by atoms with E-state index in [1.54, 1.807) is 30.3 Å². The third-order valence-corrected chi connectivity index (χ3v) is 8.42. The van der Waals surface area contributed by atoms with Gasteiger partial charge in [0.05, 0.1) is 5.57 Å². The molecular formula is C30H27N3O6S. The number of β-lactam (4-membered cyclic amide) rings is 1. The number of ether oxygens (including phenoxy) is 1. The second kappa shape index (κ2) is 11.0. The summed E-state index contributed by atoms with van der Waals surface area (Å²) in [6.45, 7) is 1.52. The van der Waals surface area contributed by atoms with Gasteiger partial charge in [-0.15, -0.1) is 11.8 Å². The molecule has 10 heteroatoms. The van der Waals surface area contributed by atoms with E-state index in [0.29, 0.717) is 16.7 Å². The molecule has 2 unspecified atom stereocenters. The molecule has 0 radical (unpaired) electrons. The van der Waals surface area contributed by atoms with Gasteiger partial charge in [-0.05, 0) is 23.6 Å². The largest absolute Gasteiger partial charge is 0.448 e. The van der Waals surface area contributed by atoms with E-state index in [0.717, 1.165) is 4.90 Å². The third kappa shape index (κ3) is 4.87. The lowest BCUT2D eigenvalue weighted by molar-refractivity contribution is -0.161. The van der Waals surface area contributed by atoms with Crippen molar-refractivity contribution >= 4 is 35.5 Å². The number of rotatable bonds is 8. The Morgan fingerprint density at radius 3 is 1.95 bits per heavy atom. The number of fused-ring (bicyclic) bond motifs is 1. The number of benzene rings is 3. The van der Waals surface area contributed by atoms with Crippen molar-refractivity contribution in [2.45, 2.75) is 30.0 Å². The summed E-state index contributed by atoms with van der Waals surface area (Å²) in [5.41, 5.74) is 5.67. The van der Waals surface area contributed by atoms with Crippen LogP contribution in [0, 0.1) is 0 Å². The fourth-order valence-electron chi connectivity index (χ4n) is 4.87. The SMILES string of the molecule is CC1(NC(=O)C(O)c2ccccc2)C(=O)N2C(C(=O)OC(c3ccccc3)c3ccccc3)=C(C(N)=O)CS[C@H]21. The number of nitrogens with one attached hydrogen (secondary N) is 1. The van der Waals surface area contributed by atoms with Gasteiger partial charge >= 0.3 is 5.97 Å². The first-order chi connectivity index (χ1) is 19.2. The van der Waals surface area contributed by atoms with Gasteiger partial charge in [-0.25, -0.2) is 4.79 Å². The van der Waals surface area contributed by atoms with Crippen molar-refractivity contribution in [3.05, 3.63) is 119 Å². The summed E-state index contributed by atoms with van der Waals surface area (Å²) in [7, 11) is 0. The standard InChI is InChI=1S/C30H27N3O6S/c1-30(32-26(36)23(34)18-11-5-2-6-12-18)28(38)33-22(21(25(31)35)17-40-29(30)33)27(37)39-24(19-13-7-3-8-14-19)20-15-9-4-10-16-20/h2-16,23-24,29,34H,17H2,1H3,(H2,31,35)(H,32,36)/t23?,29-,30?/m0/s1. The second-order valence-corrected chi connectivity index (χ2v) is 10.7. The van der Waals surface area contributed by atoms with E-state index in [-0.39, 0.29) is 17.0 Å². The van der Waals surface area contributed by atoms with E-state index < -0.39 is 46.8 Å². The number of nitrogens with zero attached hydrogens (tertiary/aromatic N) is 1. The smallest absolute Gasteiger partial charge is 0.356 e. The number of carbonyl (C=O) groups excluding carboxylic acids is 4. The van der Waals surface area contributed by atoms with Gasteiger partial charge < -0.3 is 20.9 Å². The molecule has 0 spiro atoms. The van der Waals surface area contributed by atoms with Crippen molar-refractivity contribution in [1.82, 2.24) is 10.2 Å². The number of aliphatic hydroxyl groups excluding tert-OH is 1. The summed E-state index contributed by atoms with van der Waals surface area (Å²) >= 11 is 1.18. The molecule has 1 saturated heterocycles. The summed E-state index contributed by atoms with van der Waals surface area (Å²) in [5.74, 6) is -3.09. The van der Waals surface area contributed by atoms with Crippen LogP contribution in [0.25, 0.3) is 0 Å². The van der Waals surface area contributed by atoms with Gasteiger partial charge in [0.2, 0.25) is 5.91 Å². The molecule has 4 N–H and O–H groups in total. The zero-order valence-corrected chi connectivity index (χ0v) is 22.3. The number of aliphatic hydroxyl groups is 1. The van der Waals surface area contributed by atoms with Crippen molar-refractivity contribution in [3.8, 4) is 0 Å². The quantitative estimate of drug-likeness (QED) is 0.286. The molecule has 5 rings (SSSR count). The maximum absolute atomic E-state index is 13.7. The van der Waals surface area contributed by atoms with Gasteiger partial charge in [0.15, 0.2) is 12.2 Å². The highest BCUT2D eigenvalue weighted by Gasteiger charge is 2.63. The zero-order chi connectivity index (χ0) is 28.4. The molecule has 2 aliphatic heterocycles. The molecule has 204 valence electrons. The summed E-state index contributed by atoms with van der Waals surface area (Å²) in [6, 6.07) is 26.5. The third-order valence-electron chi connectivity index (χ3n) is 6.97. The lowest BCUT2D eigenvalue weighted by Gasteiger charge is -2.56. The Bertz CT molecular complexity index is 1440. The van der Waals surface area contributed by atoms with E-state index in [2.05, 4.69) is 5.32 Å². The van der Waals surface area contributed by atoms with Crippen LogP contribution in [0.3, 0.4) is 0 Å². The van der Waals surface area contributed by atoms with Gasteiger partial charge in [-0.2, -0.15) is 0 Å². The number of esters is 1. The Morgan fingerprint density at radius 1 is 0.950 bits per heavy atom. The summed E-state index contributed by atoms with van der Waals surface area (Å²) in [6.07, 6.45) is -2.31. The first kappa shape index (κ1) is 27.2. The van der Waals surface area contributed by atoms with Crippen molar-refractivity contribution in [2.75, 3.05) is 5.75 Å². The number of carbonyl (C=O) groups is 4. The average molecular weight is 558 g/mol. The average Bonchev–Trinajstić information content (AvgIpc) is 2.99. The highest BCUT2D eigenvalue weighted by atomic mass is 32.2. The molecule has 40 heavy (non-hydrogen) atoms. The maximum Gasteiger partial charge on any atom is 0.356 e. The predicted molar refractivity (Wildman–Crippen MR) is 148 cm³/mol. The first-order valence-electron chi connectivity index (χ1n) is 12.6. The molecule has 2 heterocycles. The van der Waals surface area contributed by atoms with Crippen molar-refractivity contribution in [2.24, 2.45) is 5.73 Å². The van der Waals surface area contributed by atoms with Crippen LogP contribution in [-0.2, 0) is 23.9 Å². The fraction of sp³-hybridized carbons (Fsp3) is 0.200. The fourth-order valence-corrected chi connectivity index (χ4v) is 6.32. The Labute approximate surface area is 235 Å². The molecule has 3 aromatic carbocycles. The number of hydrogen-bond acceptors (Lipinski definition) is 7. The highest BCUT2D eigenvalue weighted by Crippen LogP contribution is 2.47. The molecule has 0 aliphatic carbocycles. The molecule has 3 atom stereocenters. The second-order valence-electron chi connectivity index (χ2n) is 9.64. The van der Waals surface area contributed by atoms with E-state index in [1.165, 1.54) is 18.7 Å². The zero-order valence-electron chi connectivity index (χ0n) is 21.5.